The normalized spacial score (nSPS) is 21.4. The zero-order chi connectivity index (χ0) is 11.4. The fourth-order valence-corrected chi connectivity index (χ4v) is 1.96. The van der Waals surface area contributed by atoms with Crippen LogP contribution in [-0.4, -0.2) is 35.2 Å². The van der Waals surface area contributed by atoms with Crippen molar-refractivity contribution in [3.63, 3.8) is 0 Å². The third-order valence-corrected chi connectivity index (χ3v) is 2.85. The highest BCUT2D eigenvalue weighted by Crippen LogP contribution is 2.06. The molecular formula is C11H18N4O. The maximum atomic E-state index is 11.8. The zero-order valence-electron chi connectivity index (χ0n) is 9.55. The molecule has 16 heavy (non-hydrogen) atoms. The lowest BCUT2D eigenvalue weighted by Gasteiger charge is -2.14. The quantitative estimate of drug-likeness (QED) is 0.686. The van der Waals surface area contributed by atoms with E-state index in [2.05, 4.69) is 20.8 Å². The molecule has 88 valence electrons. The molecule has 1 aromatic heterocycles. The summed E-state index contributed by atoms with van der Waals surface area (Å²) in [6, 6.07) is 2.05. The number of H-pyrrole nitrogens is 1. The first kappa shape index (κ1) is 11.1. The standard InChI is InChI=1S/C11H18N4O/c1-8-7-10(15-14-8)11(16)13-9-3-2-5-12-6-4-9/h7,9,12H,2-6H2,1H3,(H,13,16)(H,14,15). The van der Waals surface area contributed by atoms with Crippen LogP contribution < -0.4 is 10.6 Å². The molecule has 0 radical (unpaired) electrons. The minimum absolute atomic E-state index is 0.0729. The number of nitrogens with zero attached hydrogens (tertiary/aromatic N) is 1. The molecule has 0 aromatic carbocycles. The highest BCUT2D eigenvalue weighted by atomic mass is 16.2. The molecule has 0 bridgehead atoms. The Bertz CT molecular complexity index is 353. The van der Waals surface area contributed by atoms with Gasteiger partial charge in [0.15, 0.2) is 0 Å². The van der Waals surface area contributed by atoms with Crippen molar-refractivity contribution in [3.05, 3.63) is 17.5 Å². The number of rotatable bonds is 2. The number of amides is 1. The van der Waals surface area contributed by atoms with Crippen molar-refractivity contribution >= 4 is 5.91 Å². The lowest BCUT2D eigenvalue weighted by atomic mass is 10.1. The van der Waals surface area contributed by atoms with E-state index >= 15 is 0 Å². The van der Waals surface area contributed by atoms with E-state index in [1.807, 2.05) is 6.92 Å². The number of nitrogens with one attached hydrogen (secondary N) is 3. The summed E-state index contributed by atoms with van der Waals surface area (Å²) in [5.41, 5.74) is 1.39. The molecule has 1 atom stereocenters. The maximum Gasteiger partial charge on any atom is 0.271 e. The monoisotopic (exact) mass is 222 g/mol. The molecule has 1 aliphatic rings. The van der Waals surface area contributed by atoms with Gasteiger partial charge in [-0.3, -0.25) is 9.89 Å². The summed E-state index contributed by atoms with van der Waals surface area (Å²) in [5.74, 6) is -0.0729. The minimum Gasteiger partial charge on any atom is -0.348 e. The Morgan fingerprint density at radius 3 is 3.12 bits per heavy atom. The lowest BCUT2D eigenvalue weighted by molar-refractivity contribution is 0.0929. The van der Waals surface area contributed by atoms with E-state index < -0.39 is 0 Å². The van der Waals surface area contributed by atoms with Gasteiger partial charge < -0.3 is 10.6 Å². The third-order valence-electron chi connectivity index (χ3n) is 2.85. The first-order valence-corrected chi connectivity index (χ1v) is 5.79. The molecule has 1 fully saturated rings. The van der Waals surface area contributed by atoms with Gasteiger partial charge in [0, 0.05) is 11.7 Å². The van der Waals surface area contributed by atoms with Gasteiger partial charge in [0.1, 0.15) is 5.69 Å². The van der Waals surface area contributed by atoms with Crippen molar-refractivity contribution in [2.75, 3.05) is 13.1 Å². The summed E-state index contributed by atoms with van der Waals surface area (Å²) in [6.07, 6.45) is 3.15. The molecule has 1 unspecified atom stereocenters. The average Bonchev–Trinajstić information content (AvgIpc) is 2.54. The van der Waals surface area contributed by atoms with E-state index in [9.17, 15) is 4.79 Å². The number of carbonyl (C=O) groups is 1. The van der Waals surface area contributed by atoms with Crippen LogP contribution >= 0.6 is 0 Å². The van der Waals surface area contributed by atoms with Crippen molar-refractivity contribution in [2.24, 2.45) is 0 Å². The summed E-state index contributed by atoms with van der Waals surface area (Å²) in [6.45, 7) is 3.91. The third kappa shape index (κ3) is 2.82. The first-order valence-electron chi connectivity index (χ1n) is 5.79. The number of carbonyl (C=O) groups excluding carboxylic acids is 1. The van der Waals surface area contributed by atoms with Crippen LogP contribution in [0.1, 0.15) is 35.4 Å². The molecule has 1 aliphatic heterocycles. The smallest absolute Gasteiger partial charge is 0.271 e. The highest BCUT2D eigenvalue weighted by molar-refractivity contribution is 5.92. The van der Waals surface area contributed by atoms with Gasteiger partial charge in [0.2, 0.25) is 0 Å². The number of aromatic nitrogens is 2. The van der Waals surface area contributed by atoms with Gasteiger partial charge in [-0.1, -0.05) is 0 Å². The molecule has 1 saturated heterocycles. The fraction of sp³-hybridized carbons (Fsp3) is 0.636. The predicted octanol–water partition coefficient (Wildman–Crippen LogP) is 0.590. The van der Waals surface area contributed by atoms with Crippen LogP contribution in [0.25, 0.3) is 0 Å². The Balaban J connectivity index is 1.90. The zero-order valence-corrected chi connectivity index (χ0v) is 9.55. The Morgan fingerprint density at radius 2 is 2.38 bits per heavy atom. The van der Waals surface area contributed by atoms with E-state index in [0.717, 1.165) is 38.0 Å². The molecule has 0 spiro atoms. The van der Waals surface area contributed by atoms with Gasteiger partial charge in [0.25, 0.3) is 5.91 Å². The summed E-state index contributed by atoms with van der Waals surface area (Å²) in [7, 11) is 0. The van der Waals surface area contributed by atoms with Crippen LogP contribution in [0.3, 0.4) is 0 Å². The van der Waals surface area contributed by atoms with Crippen molar-refractivity contribution < 1.29 is 4.79 Å². The molecule has 0 aliphatic carbocycles. The maximum absolute atomic E-state index is 11.8. The van der Waals surface area contributed by atoms with Crippen LogP contribution in [0.4, 0.5) is 0 Å². The lowest BCUT2D eigenvalue weighted by Crippen LogP contribution is -2.35. The number of hydrogen-bond donors (Lipinski definition) is 3. The molecule has 0 saturated carbocycles. The summed E-state index contributed by atoms with van der Waals surface area (Å²) < 4.78 is 0. The van der Waals surface area contributed by atoms with E-state index in [1.165, 1.54) is 0 Å². The first-order chi connectivity index (χ1) is 7.75. The van der Waals surface area contributed by atoms with Crippen molar-refractivity contribution in [2.45, 2.75) is 32.2 Å². The Labute approximate surface area is 95.0 Å². The number of hydrogen-bond acceptors (Lipinski definition) is 3. The molecule has 2 heterocycles. The molecule has 1 amide bonds. The van der Waals surface area contributed by atoms with Crippen molar-refractivity contribution in [1.82, 2.24) is 20.8 Å². The average molecular weight is 222 g/mol. The second kappa shape index (κ2) is 5.12. The highest BCUT2D eigenvalue weighted by Gasteiger charge is 2.16. The van der Waals surface area contributed by atoms with Gasteiger partial charge in [-0.05, 0) is 45.3 Å². The molecule has 3 N–H and O–H groups in total. The number of aromatic amines is 1. The second-order valence-corrected chi connectivity index (χ2v) is 4.29. The molecule has 5 heteroatoms. The van der Waals surface area contributed by atoms with Crippen LogP contribution in [0.5, 0.6) is 0 Å². The van der Waals surface area contributed by atoms with Crippen molar-refractivity contribution in [1.29, 1.82) is 0 Å². The molecular weight excluding hydrogens is 204 g/mol. The molecule has 2 rings (SSSR count). The van der Waals surface area contributed by atoms with E-state index in [4.69, 9.17) is 0 Å². The predicted molar refractivity (Wildman–Crippen MR) is 61.3 cm³/mol. The summed E-state index contributed by atoms with van der Waals surface area (Å²) >= 11 is 0. The van der Waals surface area contributed by atoms with Gasteiger partial charge in [-0.15, -0.1) is 0 Å². The topological polar surface area (TPSA) is 69.8 Å². The second-order valence-electron chi connectivity index (χ2n) is 4.29. The Morgan fingerprint density at radius 1 is 1.50 bits per heavy atom. The van der Waals surface area contributed by atoms with Gasteiger partial charge >= 0.3 is 0 Å². The van der Waals surface area contributed by atoms with Gasteiger partial charge in [-0.2, -0.15) is 5.10 Å². The van der Waals surface area contributed by atoms with Crippen molar-refractivity contribution in [3.8, 4) is 0 Å². The number of aryl methyl sites for hydroxylation is 1. The molecule has 1 aromatic rings. The van der Waals surface area contributed by atoms with Gasteiger partial charge in [-0.25, -0.2) is 0 Å². The summed E-state index contributed by atoms with van der Waals surface area (Å²) in [5, 5.41) is 13.1. The van der Waals surface area contributed by atoms with E-state index in [1.54, 1.807) is 6.07 Å². The van der Waals surface area contributed by atoms with E-state index in [0.29, 0.717) is 5.69 Å². The summed E-state index contributed by atoms with van der Waals surface area (Å²) in [4.78, 5) is 11.8. The molecule has 5 nitrogen and oxygen atoms in total. The van der Waals surface area contributed by atoms with Crippen LogP contribution in [0.15, 0.2) is 6.07 Å². The fourth-order valence-electron chi connectivity index (χ4n) is 1.96. The minimum atomic E-state index is -0.0729. The van der Waals surface area contributed by atoms with Gasteiger partial charge in [0.05, 0.1) is 0 Å². The SMILES string of the molecule is Cc1cc(C(=O)NC2CCCNCC2)n[nH]1. The Hall–Kier alpha value is -1.36. The van der Waals surface area contributed by atoms with Crippen LogP contribution in [0, 0.1) is 6.92 Å². The van der Waals surface area contributed by atoms with Crippen LogP contribution in [-0.2, 0) is 0 Å². The Kier molecular flexibility index (Phi) is 3.56. The largest absolute Gasteiger partial charge is 0.348 e. The van der Waals surface area contributed by atoms with E-state index in [-0.39, 0.29) is 11.9 Å². The van der Waals surface area contributed by atoms with Crippen LogP contribution in [0.2, 0.25) is 0 Å².